The number of carbonyl (C=O) groups is 2. The monoisotopic (exact) mass is 306 g/mol. The number of benzene rings is 1. The molecule has 3 unspecified atom stereocenters. The number of carbonyl (C=O) groups excluding carboxylic acids is 2. The van der Waals surface area contributed by atoms with Gasteiger partial charge in [-0.25, -0.2) is 0 Å². The summed E-state index contributed by atoms with van der Waals surface area (Å²) in [6, 6.07) is 5.01. The van der Waals surface area contributed by atoms with Crippen molar-refractivity contribution >= 4 is 29.1 Å². The van der Waals surface area contributed by atoms with E-state index in [4.69, 9.17) is 11.6 Å². The first-order chi connectivity index (χ1) is 10.1. The van der Waals surface area contributed by atoms with Gasteiger partial charge in [0, 0.05) is 18.7 Å². The second-order valence-electron chi connectivity index (χ2n) is 6.04. The Morgan fingerprint density at radius 3 is 2.67 bits per heavy atom. The number of amides is 2. The van der Waals surface area contributed by atoms with Crippen molar-refractivity contribution < 1.29 is 9.59 Å². The van der Waals surface area contributed by atoms with E-state index in [2.05, 4.69) is 10.6 Å². The number of hydrogen-bond donors (Lipinski definition) is 2. The Morgan fingerprint density at radius 1 is 1.24 bits per heavy atom. The van der Waals surface area contributed by atoms with Crippen LogP contribution in [0.4, 0.5) is 5.69 Å². The summed E-state index contributed by atoms with van der Waals surface area (Å²) >= 11 is 6.01. The van der Waals surface area contributed by atoms with Crippen LogP contribution in [0.25, 0.3) is 0 Å². The molecule has 5 heteroatoms. The molecule has 2 bridgehead atoms. The van der Waals surface area contributed by atoms with Crippen LogP contribution in [0.1, 0.15) is 36.0 Å². The molecule has 1 aromatic carbocycles. The molecule has 2 saturated carbocycles. The van der Waals surface area contributed by atoms with Crippen molar-refractivity contribution in [3.63, 3.8) is 0 Å². The van der Waals surface area contributed by atoms with Crippen LogP contribution in [0, 0.1) is 17.8 Å². The maximum atomic E-state index is 12.4. The molecule has 3 rings (SSSR count). The summed E-state index contributed by atoms with van der Waals surface area (Å²) in [5, 5.41) is 5.86. The number of halogens is 1. The average Bonchev–Trinajstić information content (AvgIpc) is 3.11. The predicted octanol–water partition coefficient (Wildman–Crippen LogP) is 3.07. The number of hydrogen-bond acceptors (Lipinski definition) is 2. The molecule has 2 fully saturated rings. The van der Waals surface area contributed by atoms with Crippen LogP contribution < -0.4 is 10.6 Å². The van der Waals surface area contributed by atoms with Crippen molar-refractivity contribution in [1.82, 2.24) is 5.32 Å². The van der Waals surface area contributed by atoms with Gasteiger partial charge in [0.25, 0.3) is 5.91 Å². The second kappa shape index (κ2) is 5.68. The highest BCUT2D eigenvalue weighted by atomic mass is 35.5. The SMILES string of the molecule is CNC(=O)c1cc(NC(=O)C2CC3CCC2C3)ccc1Cl. The minimum Gasteiger partial charge on any atom is -0.355 e. The molecule has 2 aliphatic rings. The maximum absolute atomic E-state index is 12.4. The quantitative estimate of drug-likeness (QED) is 0.901. The molecule has 2 aliphatic carbocycles. The van der Waals surface area contributed by atoms with Crippen LogP contribution in [-0.2, 0) is 4.79 Å². The Bertz CT molecular complexity index is 588. The summed E-state index contributed by atoms with van der Waals surface area (Å²) in [4.78, 5) is 24.1. The van der Waals surface area contributed by atoms with Crippen LogP contribution in [-0.4, -0.2) is 18.9 Å². The first-order valence-electron chi connectivity index (χ1n) is 7.41. The number of fused-ring (bicyclic) bond motifs is 2. The smallest absolute Gasteiger partial charge is 0.252 e. The Kier molecular flexibility index (Phi) is 3.89. The standard InChI is InChI=1S/C16H19ClN2O2/c1-18-15(20)13-8-11(4-5-14(13)17)19-16(21)12-7-9-2-3-10(12)6-9/h4-5,8-10,12H,2-3,6-7H2,1H3,(H,18,20)(H,19,21). The molecule has 0 heterocycles. The van der Waals surface area contributed by atoms with Gasteiger partial charge in [-0.2, -0.15) is 0 Å². The number of rotatable bonds is 3. The summed E-state index contributed by atoms with van der Waals surface area (Å²) in [5.41, 5.74) is 1.01. The van der Waals surface area contributed by atoms with Crippen LogP contribution in [0.15, 0.2) is 18.2 Å². The molecule has 0 radical (unpaired) electrons. The normalized spacial score (nSPS) is 26.7. The van der Waals surface area contributed by atoms with Gasteiger partial charge < -0.3 is 10.6 Å². The van der Waals surface area contributed by atoms with E-state index in [1.807, 2.05) is 0 Å². The van der Waals surface area contributed by atoms with E-state index in [0.29, 0.717) is 22.2 Å². The molecule has 3 atom stereocenters. The van der Waals surface area contributed by atoms with E-state index in [1.165, 1.54) is 19.3 Å². The lowest BCUT2D eigenvalue weighted by Crippen LogP contribution is -2.27. The van der Waals surface area contributed by atoms with Crippen molar-refractivity contribution in [1.29, 1.82) is 0 Å². The van der Waals surface area contributed by atoms with Gasteiger partial charge in [0.1, 0.15) is 0 Å². The molecule has 21 heavy (non-hydrogen) atoms. The molecule has 0 aliphatic heterocycles. The molecule has 0 saturated heterocycles. The molecular formula is C16H19ClN2O2. The molecular weight excluding hydrogens is 288 g/mol. The Labute approximate surface area is 129 Å². The van der Waals surface area contributed by atoms with Crippen LogP contribution >= 0.6 is 11.6 Å². The van der Waals surface area contributed by atoms with E-state index in [9.17, 15) is 9.59 Å². The van der Waals surface area contributed by atoms with E-state index in [0.717, 1.165) is 12.3 Å². The molecule has 112 valence electrons. The minimum absolute atomic E-state index is 0.0763. The van der Waals surface area contributed by atoms with Crippen LogP contribution in [0.2, 0.25) is 5.02 Å². The fourth-order valence-electron chi connectivity index (χ4n) is 3.71. The second-order valence-corrected chi connectivity index (χ2v) is 6.45. The lowest BCUT2D eigenvalue weighted by molar-refractivity contribution is -0.121. The maximum Gasteiger partial charge on any atom is 0.252 e. The van der Waals surface area contributed by atoms with E-state index >= 15 is 0 Å². The van der Waals surface area contributed by atoms with Gasteiger partial charge >= 0.3 is 0 Å². The van der Waals surface area contributed by atoms with Crippen LogP contribution in [0.5, 0.6) is 0 Å². The molecule has 2 amide bonds. The summed E-state index contributed by atoms with van der Waals surface area (Å²) in [6.07, 6.45) is 4.65. The molecule has 1 aromatic rings. The zero-order valence-corrected chi connectivity index (χ0v) is 12.7. The topological polar surface area (TPSA) is 58.2 Å². The Balaban J connectivity index is 1.73. The highest BCUT2D eigenvalue weighted by Gasteiger charge is 2.43. The fourth-order valence-corrected chi connectivity index (χ4v) is 3.92. The summed E-state index contributed by atoms with van der Waals surface area (Å²) in [6.45, 7) is 0. The largest absolute Gasteiger partial charge is 0.355 e. The number of nitrogens with one attached hydrogen (secondary N) is 2. The lowest BCUT2D eigenvalue weighted by atomic mass is 9.88. The van der Waals surface area contributed by atoms with Gasteiger partial charge in [-0.15, -0.1) is 0 Å². The highest BCUT2D eigenvalue weighted by Crippen LogP contribution is 2.48. The number of anilines is 1. The third-order valence-corrected chi connectivity index (χ3v) is 5.11. The van der Waals surface area contributed by atoms with E-state index < -0.39 is 0 Å². The average molecular weight is 307 g/mol. The van der Waals surface area contributed by atoms with E-state index in [1.54, 1.807) is 25.2 Å². The predicted molar refractivity (Wildman–Crippen MR) is 82.4 cm³/mol. The highest BCUT2D eigenvalue weighted by molar-refractivity contribution is 6.34. The lowest BCUT2D eigenvalue weighted by Gasteiger charge is -2.21. The van der Waals surface area contributed by atoms with Crippen molar-refractivity contribution in [2.75, 3.05) is 12.4 Å². The van der Waals surface area contributed by atoms with Gasteiger partial charge in [0.15, 0.2) is 0 Å². The van der Waals surface area contributed by atoms with Gasteiger partial charge in [0.05, 0.1) is 10.6 Å². The van der Waals surface area contributed by atoms with Crippen LogP contribution in [0.3, 0.4) is 0 Å². The zero-order valence-electron chi connectivity index (χ0n) is 12.0. The summed E-state index contributed by atoms with van der Waals surface area (Å²) < 4.78 is 0. The minimum atomic E-state index is -0.254. The first-order valence-corrected chi connectivity index (χ1v) is 7.78. The van der Waals surface area contributed by atoms with Gasteiger partial charge in [0.2, 0.25) is 5.91 Å². The Hall–Kier alpha value is -1.55. The zero-order chi connectivity index (χ0) is 15.0. The fraction of sp³-hybridized carbons (Fsp3) is 0.500. The first kappa shape index (κ1) is 14.4. The summed E-state index contributed by atoms with van der Waals surface area (Å²) in [7, 11) is 1.55. The van der Waals surface area contributed by atoms with Crippen molar-refractivity contribution in [2.24, 2.45) is 17.8 Å². The van der Waals surface area contributed by atoms with Crippen molar-refractivity contribution in [3.05, 3.63) is 28.8 Å². The van der Waals surface area contributed by atoms with Gasteiger partial charge in [-0.05, 0) is 49.3 Å². The Morgan fingerprint density at radius 2 is 2.05 bits per heavy atom. The third-order valence-electron chi connectivity index (χ3n) is 4.78. The molecule has 0 aromatic heterocycles. The van der Waals surface area contributed by atoms with Crippen molar-refractivity contribution in [2.45, 2.75) is 25.7 Å². The van der Waals surface area contributed by atoms with Gasteiger partial charge in [-0.1, -0.05) is 18.0 Å². The molecule has 2 N–H and O–H groups in total. The third kappa shape index (κ3) is 2.77. The van der Waals surface area contributed by atoms with Gasteiger partial charge in [-0.3, -0.25) is 9.59 Å². The summed E-state index contributed by atoms with van der Waals surface area (Å²) in [5.74, 6) is 1.23. The van der Waals surface area contributed by atoms with E-state index in [-0.39, 0.29) is 17.7 Å². The van der Waals surface area contributed by atoms with Crippen molar-refractivity contribution in [3.8, 4) is 0 Å². The molecule has 0 spiro atoms. The molecule has 4 nitrogen and oxygen atoms in total.